The molecule has 1 heterocycles. The van der Waals surface area contributed by atoms with Crippen molar-refractivity contribution in [2.45, 2.75) is 25.6 Å². The average Bonchev–Trinajstić information content (AvgIpc) is 3.13. The zero-order valence-electron chi connectivity index (χ0n) is 16.7. The number of nitrogens with one attached hydrogen (secondary N) is 1. The van der Waals surface area contributed by atoms with Crippen LogP contribution in [-0.2, 0) is 25.3 Å². The van der Waals surface area contributed by atoms with E-state index >= 15 is 0 Å². The van der Waals surface area contributed by atoms with E-state index in [2.05, 4.69) is 5.32 Å². The lowest BCUT2D eigenvalue weighted by Gasteiger charge is -2.25. The van der Waals surface area contributed by atoms with Gasteiger partial charge in [-0.3, -0.25) is 14.4 Å². The summed E-state index contributed by atoms with van der Waals surface area (Å²) in [7, 11) is 0. The van der Waals surface area contributed by atoms with Crippen molar-refractivity contribution in [2.75, 3.05) is 18.5 Å². The molecule has 1 N–H and O–H groups in total. The normalized spacial score (nSPS) is 17.4. The molecule has 3 rings (SSSR count). The first-order chi connectivity index (χ1) is 14.6. The number of benzene rings is 2. The molecule has 0 saturated carbocycles. The lowest BCUT2D eigenvalue weighted by molar-refractivity contribution is -0.151. The number of anilines is 1. The van der Waals surface area contributed by atoms with Gasteiger partial charge in [0.05, 0.1) is 17.5 Å². The van der Waals surface area contributed by atoms with Crippen LogP contribution in [0.4, 0.5) is 18.9 Å². The van der Waals surface area contributed by atoms with Crippen LogP contribution in [0.1, 0.15) is 30.5 Å². The van der Waals surface area contributed by atoms with E-state index in [9.17, 15) is 27.6 Å². The second kappa shape index (κ2) is 9.20. The van der Waals surface area contributed by atoms with E-state index in [1.54, 1.807) is 4.90 Å². The first kappa shape index (κ1) is 22.3. The monoisotopic (exact) mass is 434 g/mol. The summed E-state index contributed by atoms with van der Waals surface area (Å²) in [5.41, 5.74) is -0.0282. The molecule has 2 aromatic carbocycles. The van der Waals surface area contributed by atoms with Crippen molar-refractivity contribution in [3.8, 4) is 0 Å². The molecule has 2 amide bonds. The number of halogens is 3. The number of esters is 1. The largest absolute Gasteiger partial charge is 0.455 e. The van der Waals surface area contributed by atoms with Gasteiger partial charge in [0.15, 0.2) is 6.61 Å². The van der Waals surface area contributed by atoms with E-state index in [0.29, 0.717) is 0 Å². The number of ether oxygens (including phenoxy) is 1. The van der Waals surface area contributed by atoms with E-state index in [0.717, 1.165) is 23.8 Å². The second-order valence-corrected chi connectivity index (χ2v) is 7.27. The van der Waals surface area contributed by atoms with E-state index in [1.165, 1.54) is 6.07 Å². The number of hydrogen-bond donors (Lipinski definition) is 1. The highest BCUT2D eigenvalue weighted by Crippen LogP contribution is 2.31. The van der Waals surface area contributed by atoms with Gasteiger partial charge >= 0.3 is 12.1 Å². The molecule has 0 bridgehead atoms. The maximum Gasteiger partial charge on any atom is 0.416 e. The van der Waals surface area contributed by atoms with Crippen molar-refractivity contribution >= 4 is 23.5 Å². The summed E-state index contributed by atoms with van der Waals surface area (Å²) in [6.07, 6.45) is -4.56. The third-order valence-corrected chi connectivity index (χ3v) is 5.06. The van der Waals surface area contributed by atoms with Gasteiger partial charge in [0, 0.05) is 18.7 Å². The third-order valence-electron chi connectivity index (χ3n) is 5.06. The number of rotatable bonds is 6. The summed E-state index contributed by atoms with van der Waals surface area (Å²) in [5, 5.41) is 2.26. The highest BCUT2D eigenvalue weighted by Gasteiger charge is 2.38. The molecular weight excluding hydrogens is 413 g/mol. The van der Waals surface area contributed by atoms with Crippen LogP contribution in [0.2, 0.25) is 0 Å². The Hall–Kier alpha value is -3.36. The Morgan fingerprint density at radius 2 is 1.87 bits per heavy atom. The molecule has 0 spiro atoms. The van der Waals surface area contributed by atoms with Crippen molar-refractivity contribution in [1.82, 2.24) is 4.90 Å². The molecule has 0 unspecified atom stereocenters. The number of likely N-dealkylation sites (tertiary alicyclic amines) is 1. The fourth-order valence-corrected chi connectivity index (χ4v) is 3.40. The van der Waals surface area contributed by atoms with Gasteiger partial charge in [-0.1, -0.05) is 36.4 Å². The zero-order chi connectivity index (χ0) is 22.6. The number of amides is 2. The van der Waals surface area contributed by atoms with Crippen molar-refractivity contribution in [3.05, 3.63) is 65.7 Å². The molecule has 2 aromatic rings. The van der Waals surface area contributed by atoms with Crippen LogP contribution in [-0.4, -0.2) is 35.8 Å². The molecule has 1 saturated heterocycles. The van der Waals surface area contributed by atoms with Crippen LogP contribution in [0.3, 0.4) is 0 Å². The minimum absolute atomic E-state index is 0.0226. The highest BCUT2D eigenvalue weighted by atomic mass is 19.4. The SMILES string of the molecule is C[C@H](c1ccccc1)N1C[C@H](C(=O)OCC(=O)Nc2cccc(C(F)(F)F)c2)CC1=O. The maximum atomic E-state index is 12.7. The maximum absolute atomic E-state index is 12.7. The Kier molecular flexibility index (Phi) is 6.62. The lowest BCUT2D eigenvalue weighted by atomic mass is 10.1. The van der Waals surface area contributed by atoms with Crippen molar-refractivity contribution in [3.63, 3.8) is 0 Å². The number of carbonyl (C=O) groups excluding carboxylic acids is 3. The molecule has 0 aromatic heterocycles. The quantitative estimate of drug-likeness (QED) is 0.702. The number of nitrogens with zero attached hydrogens (tertiary/aromatic N) is 1. The van der Waals surface area contributed by atoms with Gasteiger partial charge in [-0.15, -0.1) is 0 Å². The van der Waals surface area contributed by atoms with Crippen molar-refractivity contribution < 1.29 is 32.3 Å². The fraction of sp³-hybridized carbons (Fsp3) is 0.318. The van der Waals surface area contributed by atoms with Crippen LogP contribution in [0, 0.1) is 5.92 Å². The first-order valence-electron chi connectivity index (χ1n) is 9.63. The van der Waals surface area contributed by atoms with Gasteiger partial charge in [-0.25, -0.2) is 0 Å². The molecule has 9 heteroatoms. The van der Waals surface area contributed by atoms with Gasteiger partial charge in [0.2, 0.25) is 5.91 Å². The van der Waals surface area contributed by atoms with Crippen molar-refractivity contribution in [2.24, 2.45) is 5.92 Å². The predicted molar refractivity (Wildman–Crippen MR) is 106 cm³/mol. The Labute approximate surface area is 177 Å². The molecule has 1 aliphatic heterocycles. The topological polar surface area (TPSA) is 75.7 Å². The summed E-state index contributed by atoms with van der Waals surface area (Å²) in [6, 6.07) is 13.3. The molecule has 0 radical (unpaired) electrons. The van der Waals surface area contributed by atoms with E-state index < -0.39 is 36.1 Å². The number of hydrogen-bond acceptors (Lipinski definition) is 4. The van der Waals surface area contributed by atoms with Crippen LogP contribution in [0.5, 0.6) is 0 Å². The smallest absolute Gasteiger partial charge is 0.416 e. The molecular formula is C22H21F3N2O4. The van der Waals surface area contributed by atoms with E-state index in [4.69, 9.17) is 4.74 Å². The summed E-state index contributed by atoms with van der Waals surface area (Å²) in [5.74, 6) is -2.37. The minimum Gasteiger partial charge on any atom is -0.455 e. The standard InChI is InChI=1S/C22H21F3N2O4/c1-14(15-6-3-2-4-7-15)27-12-16(10-20(27)29)21(30)31-13-19(28)26-18-9-5-8-17(11-18)22(23,24)25/h2-9,11,14,16H,10,12-13H2,1H3,(H,26,28)/t14-,16-/m1/s1. The summed E-state index contributed by atoms with van der Waals surface area (Å²) in [6.45, 7) is 1.38. The van der Waals surface area contributed by atoms with Gasteiger partial charge in [-0.2, -0.15) is 13.2 Å². The summed E-state index contributed by atoms with van der Waals surface area (Å²) in [4.78, 5) is 38.2. The zero-order valence-corrected chi connectivity index (χ0v) is 16.7. The molecule has 1 fully saturated rings. The molecule has 164 valence electrons. The van der Waals surface area contributed by atoms with Crippen LogP contribution in [0.25, 0.3) is 0 Å². The molecule has 0 aliphatic carbocycles. The van der Waals surface area contributed by atoms with Crippen molar-refractivity contribution in [1.29, 1.82) is 0 Å². The molecule has 6 nitrogen and oxygen atoms in total. The predicted octanol–water partition coefficient (Wildman–Crippen LogP) is 3.80. The Morgan fingerprint density at radius 3 is 2.55 bits per heavy atom. The number of carbonyl (C=O) groups is 3. The lowest BCUT2D eigenvalue weighted by Crippen LogP contribution is -2.30. The fourth-order valence-electron chi connectivity index (χ4n) is 3.40. The van der Waals surface area contributed by atoms with Gasteiger partial charge in [0.25, 0.3) is 5.91 Å². The summed E-state index contributed by atoms with van der Waals surface area (Å²) < 4.78 is 43.2. The molecule has 2 atom stereocenters. The van der Waals surface area contributed by atoms with Gasteiger partial charge < -0.3 is 15.0 Å². The molecule has 1 aliphatic rings. The molecule has 31 heavy (non-hydrogen) atoms. The Bertz CT molecular complexity index is 963. The first-order valence-corrected chi connectivity index (χ1v) is 9.63. The highest BCUT2D eigenvalue weighted by molar-refractivity contribution is 5.93. The van der Waals surface area contributed by atoms with Crippen LogP contribution in [0.15, 0.2) is 54.6 Å². The van der Waals surface area contributed by atoms with E-state index in [1.807, 2.05) is 37.3 Å². The second-order valence-electron chi connectivity index (χ2n) is 7.27. The van der Waals surface area contributed by atoms with Gasteiger partial charge in [0.1, 0.15) is 0 Å². The summed E-state index contributed by atoms with van der Waals surface area (Å²) >= 11 is 0. The van der Waals surface area contributed by atoms with Gasteiger partial charge in [-0.05, 0) is 30.7 Å². The minimum atomic E-state index is -4.54. The Morgan fingerprint density at radius 1 is 1.16 bits per heavy atom. The number of alkyl halides is 3. The third kappa shape index (κ3) is 5.62. The Balaban J connectivity index is 1.52. The van der Waals surface area contributed by atoms with E-state index in [-0.39, 0.29) is 30.6 Å². The average molecular weight is 434 g/mol. The van der Waals surface area contributed by atoms with Crippen LogP contribution < -0.4 is 5.32 Å². The van der Waals surface area contributed by atoms with Crippen LogP contribution >= 0.6 is 0 Å².